The smallest absolute Gasteiger partial charge is 0.119 e. The van der Waals surface area contributed by atoms with Crippen LogP contribution in [0.5, 0.6) is 5.75 Å². The van der Waals surface area contributed by atoms with E-state index in [2.05, 4.69) is 21.7 Å². The fourth-order valence-electron chi connectivity index (χ4n) is 3.82. The van der Waals surface area contributed by atoms with Crippen LogP contribution in [0.2, 0.25) is 0 Å². The second-order valence-corrected chi connectivity index (χ2v) is 7.33. The Bertz CT molecular complexity index is 779. The van der Waals surface area contributed by atoms with E-state index in [-0.39, 0.29) is 0 Å². The first kappa shape index (κ1) is 17.5. The van der Waals surface area contributed by atoms with Crippen molar-refractivity contribution < 1.29 is 9.47 Å². The number of benzene rings is 1. The lowest BCUT2D eigenvalue weighted by atomic mass is 9.94. The highest BCUT2D eigenvalue weighted by Gasteiger charge is 2.24. The van der Waals surface area contributed by atoms with Crippen molar-refractivity contribution in [2.75, 3.05) is 33.4 Å². The van der Waals surface area contributed by atoms with E-state index in [1.807, 2.05) is 12.1 Å². The second kappa shape index (κ2) is 7.76. The van der Waals surface area contributed by atoms with E-state index in [1.165, 1.54) is 24.1 Å². The molecular formula is C20H25N3O2S. The van der Waals surface area contributed by atoms with Gasteiger partial charge >= 0.3 is 0 Å². The van der Waals surface area contributed by atoms with Gasteiger partial charge in [0.05, 0.1) is 36.7 Å². The summed E-state index contributed by atoms with van der Waals surface area (Å²) in [7, 11) is 1.69. The molecule has 6 heteroatoms. The van der Waals surface area contributed by atoms with Crippen LogP contribution in [-0.2, 0) is 24.0 Å². The van der Waals surface area contributed by atoms with E-state index >= 15 is 0 Å². The molecule has 2 aromatic rings. The number of aromatic nitrogens is 2. The largest absolute Gasteiger partial charge is 0.497 e. The predicted molar refractivity (Wildman–Crippen MR) is 105 cm³/mol. The Balaban J connectivity index is 1.62. The quantitative estimate of drug-likeness (QED) is 0.773. The fourth-order valence-corrected chi connectivity index (χ4v) is 4.14. The van der Waals surface area contributed by atoms with E-state index < -0.39 is 0 Å². The highest BCUT2D eigenvalue weighted by atomic mass is 32.1. The van der Waals surface area contributed by atoms with Gasteiger partial charge in [-0.1, -0.05) is 12.2 Å². The van der Waals surface area contributed by atoms with E-state index in [9.17, 15) is 0 Å². The molecule has 0 saturated carbocycles. The molecule has 0 bridgehead atoms. The molecule has 5 nitrogen and oxygen atoms in total. The van der Waals surface area contributed by atoms with E-state index in [0.29, 0.717) is 0 Å². The van der Waals surface area contributed by atoms with E-state index in [4.69, 9.17) is 26.8 Å². The molecule has 2 heterocycles. The third-order valence-electron chi connectivity index (χ3n) is 5.26. The maximum atomic E-state index is 5.72. The zero-order valence-corrected chi connectivity index (χ0v) is 16.1. The summed E-state index contributed by atoms with van der Waals surface area (Å²) in [6.45, 7) is 3.30. The zero-order valence-electron chi connectivity index (χ0n) is 15.2. The first-order valence-corrected chi connectivity index (χ1v) is 9.76. The second-order valence-electron chi connectivity index (χ2n) is 6.86. The molecule has 0 spiro atoms. The number of hydrogen-bond donors (Lipinski definition) is 0. The van der Waals surface area contributed by atoms with Crippen LogP contribution in [0, 0.1) is 0 Å². The first-order valence-electron chi connectivity index (χ1n) is 9.36. The van der Waals surface area contributed by atoms with Gasteiger partial charge in [-0.3, -0.25) is 0 Å². The van der Waals surface area contributed by atoms with Crippen LogP contribution in [-0.4, -0.2) is 53.1 Å². The standard InChI is InChI=1S/C20H25N3O2S/c1-24-16-8-6-15(7-9-16)23-19-5-3-2-4-17(19)18(21-23)14-20(26)22-10-12-25-13-11-22/h6-9H,2-5,10-14H2,1H3. The van der Waals surface area contributed by atoms with Crippen LogP contribution in [0.1, 0.15) is 29.8 Å². The molecule has 0 radical (unpaired) electrons. The van der Waals surface area contributed by atoms with Crippen LogP contribution in [0.3, 0.4) is 0 Å². The van der Waals surface area contributed by atoms with Crippen LogP contribution in [0.4, 0.5) is 0 Å². The molecule has 1 aliphatic carbocycles. The highest BCUT2D eigenvalue weighted by Crippen LogP contribution is 2.28. The van der Waals surface area contributed by atoms with Gasteiger partial charge in [0, 0.05) is 25.2 Å². The third kappa shape index (κ3) is 3.48. The molecule has 1 aliphatic heterocycles. The molecule has 138 valence electrons. The maximum Gasteiger partial charge on any atom is 0.119 e. The van der Waals surface area contributed by atoms with Gasteiger partial charge in [0.15, 0.2) is 0 Å². The minimum atomic E-state index is 0.751. The van der Waals surface area contributed by atoms with Gasteiger partial charge in [0.25, 0.3) is 0 Å². The van der Waals surface area contributed by atoms with Crippen LogP contribution < -0.4 is 4.74 Å². The Morgan fingerprint density at radius 3 is 2.62 bits per heavy atom. The average Bonchev–Trinajstić information content (AvgIpc) is 3.07. The molecule has 0 unspecified atom stereocenters. The van der Waals surface area contributed by atoms with Crippen molar-refractivity contribution in [2.45, 2.75) is 32.1 Å². The minimum absolute atomic E-state index is 0.751. The van der Waals surface area contributed by atoms with Crippen molar-refractivity contribution in [1.29, 1.82) is 0 Å². The van der Waals surface area contributed by atoms with Crippen LogP contribution in [0.25, 0.3) is 5.69 Å². The molecule has 26 heavy (non-hydrogen) atoms. The summed E-state index contributed by atoms with van der Waals surface area (Å²) in [5.41, 5.74) is 4.99. The van der Waals surface area contributed by atoms with Crippen molar-refractivity contribution in [2.24, 2.45) is 0 Å². The van der Waals surface area contributed by atoms with Gasteiger partial charge in [0.2, 0.25) is 0 Å². The monoisotopic (exact) mass is 371 g/mol. The lowest BCUT2D eigenvalue weighted by Gasteiger charge is -2.29. The predicted octanol–water partition coefficient (Wildman–Crippen LogP) is 2.96. The Hall–Kier alpha value is -1.92. The molecule has 1 aromatic carbocycles. The summed E-state index contributed by atoms with van der Waals surface area (Å²) in [4.78, 5) is 3.25. The normalized spacial score (nSPS) is 17.0. The van der Waals surface area contributed by atoms with Crippen LogP contribution in [0.15, 0.2) is 24.3 Å². The number of thiocarbonyl (C=S) groups is 1. The zero-order chi connectivity index (χ0) is 17.9. The van der Waals surface area contributed by atoms with E-state index in [1.54, 1.807) is 7.11 Å². The maximum absolute atomic E-state index is 5.72. The van der Waals surface area contributed by atoms with Gasteiger partial charge in [-0.15, -0.1) is 0 Å². The summed E-state index contributed by atoms with van der Waals surface area (Å²) >= 11 is 5.72. The molecule has 1 fully saturated rings. The minimum Gasteiger partial charge on any atom is -0.497 e. The number of fused-ring (bicyclic) bond motifs is 1. The van der Waals surface area contributed by atoms with E-state index in [0.717, 1.165) is 67.7 Å². The van der Waals surface area contributed by atoms with Crippen molar-refractivity contribution in [3.8, 4) is 11.4 Å². The molecule has 2 aliphatic rings. The number of ether oxygens (including phenoxy) is 2. The summed E-state index contributed by atoms with van der Waals surface area (Å²) in [6, 6.07) is 8.13. The third-order valence-corrected chi connectivity index (χ3v) is 5.67. The summed E-state index contributed by atoms with van der Waals surface area (Å²) in [6.07, 6.45) is 5.40. The topological polar surface area (TPSA) is 39.5 Å². The van der Waals surface area contributed by atoms with Crippen LogP contribution >= 0.6 is 12.2 Å². The van der Waals surface area contributed by atoms with Gasteiger partial charge in [-0.25, -0.2) is 4.68 Å². The van der Waals surface area contributed by atoms with Gasteiger partial charge in [-0.2, -0.15) is 5.10 Å². The van der Waals surface area contributed by atoms with Gasteiger partial charge < -0.3 is 14.4 Å². The highest BCUT2D eigenvalue weighted by molar-refractivity contribution is 7.80. The fraction of sp³-hybridized carbons (Fsp3) is 0.500. The molecule has 1 aromatic heterocycles. The number of hydrogen-bond acceptors (Lipinski definition) is 4. The Kier molecular flexibility index (Phi) is 5.22. The Morgan fingerprint density at radius 2 is 1.88 bits per heavy atom. The number of rotatable bonds is 4. The molecular weight excluding hydrogens is 346 g/mol. The lowest BCUT2D eigenvalue weighted by Crippen LogP contribution is -2.40. The Morgan fingerprint density at radius 1 is 1.15 bits per heavy atom. The van der Waals surface area contributed by atoms with Crippen molar-refractivity contribution in [3.63, 3.8) is 0 Å². The van der Waals surface area contributed by atoms with Gasteiger partial charge in [-0.05, 0) is 55.5 Å². The molecule has 0 amide bonds. The Labute approximate surface area is 159 Å². The summed E-state index contributed by atoms with van der Waals surface area (Å²) < 4.78 is 12.8. The molecule has 1 saturated heterocycles. The number of methoxy groups -OCH3 is 1. The molecule has 0 atom stereocenters. The van der Waals surface area contributed by atoms with Crippen molar-refractivity contribution in [3.05, 3.63) is 41.2 Å². The lowest BCUT2D eigenvalue weighted by molar-refractivity contribution is 0.0684. The summed E-state index contributed by atoms with van der Waals surface area (Å²) in [5.74, 6) is 0.864. The average molecular weight is 372 g/mol. The van der Waals surface area contributed by atoms with Crippen molar-refractivity contribution in [1.82, 2.24) is 14.7 Å². The number of morpholine rings is 1. The molecule has 0 N–H and O–H groups in total. The number of nitrogens with zero attached hydrogens (tertiary/aromatic N) is 3. The molecule has 4 rings (SSSR count). The first-order chi connectivity index (χ1) is 12.8. The SMILES string of the molecule is COc1ccc(-n2nc(CC(=S)N3CCOCC3)c3c2CCCC3)cc1. The van der Waals surface area contributed by atoms with Gasteiger partial charge in [0.1, 0.15) is 5.75 Å². The van der Waals surface area contributed by atoms with Crippen molar-refractivity contribution >= 4 is 17.2 Å². The summed E-state index contributed by atoms with van der Waals surface area (Å²) in [5, 5.41) is 4.98.